The Morgan fingerprint density at radius 2 is 1.64 bits per heavy atom. The number of hydrogen-bond acceptors (Lipinski definition) is 3. The third kappa shape index (κ3) is 7.15. The van der Waals surface area contributed by atoms with Gasteiger partial charge < -0.3 is 20.7 Å². The molecule has 0 radical (unpaired) electrons. The summed E-state index contributed by atoms with van der Waals surface area (Å²) in [5.74, 6) is -0.457. The summed E-state index contributed by atoms with van der Waals surface area (Å²) >= 11 is 0. The van der Waals surface area contributed by atoms with Crippen LogP contribution in [0.5, 0.6) is 5.75 Å². The second-order valence-electron chi connectivity index (χ2n) is 9.23. The predicted octanol–water partition coefficient (Wildman–Crippen LogP) is 2.59. The summed E-state index contributed by atoms with van der Waals surface area (Å²) in [5.41, 5.74) is 0.644. The molecule has 2 rings (SSSR count). The van der Waals surface area contributed by atoms with Gasteiger partial charge in [0, 0.05) is 24.6 Å². The molecule has 6 nitrogen and oxygen atoms in total. The van der Waals surface area contributed by atoms with Crippen LogP contribution in [0.4, 0.5) is 5.69 Å². The Hall–Kier alpha value is -2.08. The van der Waals surface area contributed by atoms with Gasteiger partial charge in [0.15, 0.2) is 0 Å². The van der Waals surface area contributed by atoms with Gasteiger partial charge >= 0.3 is 11.8 Å². The topological polar surface area (TPSA) is 84.0 Å². The van der Waals surface area contributed by atoms with Gasteiger partial charge in [-0.25, -0.2) is 0 Å². The van der Waals surface area contributed by atoms with Gasteiger partial charge in [-0.15, -0.1) is 0 Å². The van der Waals surface area contributed by atoms with Crippen molar-refractivity contribution < 1.29 is 19.6 Å². The molecule has 28 heavy (non-hydrogen) atoms. The predicted molar refractivity (Wildman–Crippen MR) is 111 cm³/mol. The Labute approximate surface area is 168 Å². The van der Waals surface area contributed by atoms with Crippen LogP contribution >= 0.6 is 0 Å². The first-order chi connectivity index (χ1) is 13.1. The normalized spacial score (nSPS) is 18.3. The summed E-state index contributed by atoms with van der Waals surface area (Å²) in [7, 11) is 0. The van der Waals surface area contributed by atoms with Crippen molar-refractivity contribution in [3.63, 3.8) is 0 Å². The monoisotopic (exact) mass is 390 g/mol. The zero-order valence-corrected chi connectivity index (χ0v) is 17.9. The Balaban J connectivity index is 1.84. The molecule has 1 aliphatic heterocycles. The number of carbonyl (C=O) groups excluding carboxylic acids is 2. The molecule has 1 heterocycles. The first kappa shape index (κ1) is 22.2. The number of nitrogens with one attached hydrogen (secondary N) is 2. The van der Waals surface area contributed by atoms with Gasteiger partial charge in [0.1, 0.15) is 5.75 Å². The average Bonchev–Trinajstić information content (AvgIpc) is 2.57. The van der Waals surface area contributed by atoms with Gasteiger partial charge in [-0.05, 0) is 58.4 Å². The van der Waals surface area contributed by atoms with Crippen LogP contribution in [0.2, 0.25) is 0 Å². The average molecular weight is 391 g/mol. The van der Waals surface area contributed by atoms with E-state index in [2.05, 4.69) is 50.6 Å². The molecule has 1 aromatic carbocycles. The molecule has 0 spiro atoms. The van der Waals surface area contributed by atoms with E-state index in [1.54, 1.807) is 12.1 Å². The van der Waals surface area contributed by atoms with E-state index >= 15 is 0 Å². The summed E-state index contributed by atoms with van der Waals surface area (Å²) in [6.07, 6.45) is 5.00. The number of carbonyl (C=O) groups is 2. The van der Waals surface area contributed by atoms with Crippen LogP contribution in [-0.4, -0.2) is 35.5 Å². The highest BCUT2D eigenvalue weighted by molar-refractivity contribution is 6.39. The molecular weight excluding hydrogens is 354 g/mol. The summed E-state index contributed by atoms with van der Waals surface area (Å²) in [5, 5.41) is 7.91. The van der Waals surface area contributed by atoms with E-state index < -0.39 is 11.8 Å². The number of hydrogen-bond donors (Lipinski definition) is 3. The van der Waals surface area contributed by atoms with Crippen LogP contribution in [0.1, 0.15) is 66.7 Å². The Morgan fingerprint density at radius 3 is 2.21 bits per heavy atom. The lowest BCUT2D eigenvalue weighted by molar-refractivity contribution is -0.787. The summed E-state index contributed by atoms with van der Waals surface area (Å²) in [6.45, 7) is 11.5. The number of rotatable bonds is 7. The highest BCUT2D eigenvalue weighted by Crippen LogP contribution is 2.22. The van der Waals surface area contributed by atoms with Crippen LogP contribution in [0, 0.1) is 0 Å². The molecule has 0 unspecified atom stereocenters. The van der Waals surface area contributed by atoms with Crippen molar-refractivity contribution in [2.45, 2.75) is 83.8 Å². The molecule has 2 amide bonds. The van der Waals surface area contributed by atoms with Gasteiger partial charge in [-0.2, -0.15) is 0 Å². The first-order valence-corrected chi connectivity index (χ1v) is 10.3. The quantitative estimate of drug-likeness (QED) is 0.494. The lowest BCUT2D eigenvalue weighted by Crippen LogP contribution is -3.06. The van der Waals surface area contributed by atoms with E-state index in [-0.39, 0.29) is 17.1 Å². The van der Waals surface area contributed by atoms with Crippen molar-refractivity contribution in [1.29, 1.82) is 0 Å². The summed E-state index contributed by atoms with van der Waals surface area (Å²) < 4.78 is 5.66. The standard InChI is InChI=1S/C22H35N3O3/c1-6-7-8-13-28-18-11-9-16(10-12-18)23-19(26)20(27)24-17-14-21(2,3)25-22(4,5)15-17/h9-12,17,25H,6-8,13-15H2,1-5H3,(H,23,26)(H,24,27)/p+1. The second kappa shape index (κ2) is 9.41. The largest absolute Gasteiger partial charge is 0.494 e. The molecule has 4 N–H and O–H groups in total. The fraction of sp³-hybridized carbons (Fsp3) is 0.636. The zero-order chi connectivity index (χ0) is 20.8. The molecule has 0 saturated carbocycles. The molecule has 156 valence electrons. The van der Waals surface area contributed by atoms with Crippen molar-refractivity contribution >= 4 is 17.5 Å². The van der Waals surface area contributed by atoms with Crippen LogP contribution in [0.25, 0.3) is 0 Å². The number of ether oxygens (including phenoxy) is 1. The van der Waals surface area contributed by atoms with Gasteiger partial charge in [0.2, 0.25) is 0 Å². The van der Waals surface area contributed by atoms with Crippen molar-refractivity contribution in [2.24, 2.45) is 0 Å². The number of quaternary nitrogens is 1. The number of amides is 2. The smallest absolute Gasteiger partial charge is 0.313 e. The molecule has 0 bridgehead atoms. The molecule has 0 aromatic heterocycles. The van der Waals surface area contributed by atoms with E-state index in [0.29, 0.717) is 12.3 Å². The number of unbranched alkanes of at least 4 members (excludes halogenated alkanes) is 2. The Kier molecular flexibility index (Phi) is 7.47. The third-order valence-corrected chi connectivity index (χ3v) is 5.00. The number of benzene rings is 1. The Bertz CT molecular complexity index is 652. The first-order valence-electron chi connectivity index (χ1n) is 10.3. The van der Waals surface area contributed by atoms with Crippen LogP contribution < -0.4 is 20.7 Å². The molecular formula is C22H36N3O3+. The zero-order valence-electron chi connectivity index (χ0n) is 17.9. The van der Waals surface area contributed by atoms with Gasteiger partial charge in [-0.1, -0.05) is 19.8 Å². The molecule has 1 fully saturated rings. The minimum absolute atomic E-state index is 0.00727. The lowest BCUT2D eigenvalue weighted by Gasteiger charge is -2.43. The Morgan fingerprint density at radius 1 is 1.04 bits per heavy atom. The van der Waals surface area contributed by atoms with Gasteiger partial charge in [0.05, 0.1) is 17.7 Å². The maximum absolute atomic E-state index is 12.3. The molecule has 0 aliphatic carbocycles. The highest BCUT2D eigenvalue weighted by atomic mass is 16.5. The number of piperidine rings is 1. The van der Waals surface area contributed by atoms with Crippen molar-refractivity contribution in [3.8, 4) is 5.75 Å². The third-order valence-electron chi connectivity index (χ3n) is 5.00. The number of nitrogens with two attached hydrogens (primary N) is 1. The van der Waals surface area contributed by atoms with E-state index in [1.165, 1.54) is 0 Å². The summed E-state index contributed by atoms with van der Waals surface area (Å²) in [6, 6.07) is 7.11. The molecule has 1 aromatic rings. The minimum Gasteiger partial charge on any atom is -0.494 e. The molecule has 1 aliphatic rings. The van der Waals surface area contributed by atoms with Crippen LogP contribution in [0.15, 0.2) is 24.3 Å². The van der Waals surface area contributed by atoms with Gasteiger partial charge in [-0.3, -0.25) is 9.59 Å². The molecule has 6 heteroatoms. The second-order valence-corrected chi connectivity index (χ2v) is 9.23. The van der Waals surface area contributed by atoms with Crippen LogP contribution in [0.3, 0.4) is 0 Å². The van der Waals surface area contributed by atoms with Crippen molar-refractivity contribution in [1.82, 2.24) is 5.32 Å². The van der Waals surface area contributed by atoms with E-state index in [1.807, 2.05) is 12.1 Å². The molecule has 1 saturated heterocycles. The maximum Gasteiger partial charge on any atom is 0.313 e. The van der Waals surface area contributed by atoms with E-state index in [0.717, 1.165) is 37.9 Å². The minimum atomic E-state index is -0.637. The number of anilines is 1. The van der Waals surface area contributed by atoms with Crippen molar-refractivity contribution in [2.75, 3.05) is 11.9 Å². The maximum atomic E-state index is 12.3. The van der Waals surface area contributed by atoms with E-state index in [9.17, 15) is 9.59 Å². The fourth-order valence-corrected chi connectivity index (χ4v) is 4.24. The fourth-order valence-electron chi connectivity index (χ4n) is 4.24. The SMILES string of the molecule is CCCCCOc1ccc(NC(=O)C(=O)NC2CC(C)(C)[NH2+]C(C)(C)C2)cc1. The van der Waals surface area contributed by atoms with E-state index in [4.69, 9.17) is 4.74 Å². The highest BCUT2D eigenvalue weighted by Gasteiger charge is 2.42. The summed E-state index contributed by atoms with van der Waals surface area (Å²) in [4.78, 5) is 24.6. The van der Waals surface area contributed by atoms with Crippen LogP contribution in [-0.2, 0) is 9.59 Å². The van der Waals surface area contributed by atoms with Gasteiger partial charge in [0.25, 0.3) is 0 Å². The lowest BCUT2D eigenvalue weighted by atomic mass is 9.79. The molecule has 0 atom stereocenters. The van der Waals surface area contributed by atoms with Crippen molar-refractivity contribution in [3.05, 3.63) is 24.3 Å².